The largest absolute Gasteiger partial charge is 0.493 e. The van der Waals surface area contributed by atoms with Crippen LogP contribution in [0.5, 0.6) is 11.5 Å². The lowest BCUT2D eigenvalue weighted by molar-refractivity contribution is -0.499. The molecule has 0 spiro atoms. The van der Waals surface area contributed by atoms with Crippen molar-refractivity contribution in [3.05, 3.63) is 23.3 Å². The Kier molecular flexibility index (Phi) is 4.13. The van der Waals surface area contributed by atoms with E-state index in [9.17, 15) is 0 Å². The maximum absolute atomic E-state index is 5.43. The van der Waals surface area contributed by atoms with Gasteiger partial charge in [-0.1, -0.05) is 13.8 Å². The van der Waals surface area contributed by atoms with Crippen LogP contribution >= 0.6 is 0 Å². The average molecular weight is 262 g/mol. The summed E-state index contributed by atoms with van der Waals surface area (Å²) in [6.45, 7) is 5.59. The topological polar surface area (TPSA) is 21.5 Å². The quantitative estimate of drug-likeness (QED) is 0.778. The smallest absolute Gasteiger partial charge is 0.183 e. The van der Waals surface area contributed by atoms with Gasteiger partial charge < -0.3 is 9.47 Å². The molecule has 1 aromatic carbocycles. The molecule has 3 nitrogen and oxygen atoms in total. The molecule has 0 amide bonds. The van der Waals surface area contributed by atoms with Crippen molar-refractivity contribution >= 4 is 5.71 Å². The summed E-state index contributed by atoms with van der Waals surface area (Å²) in [6, 6.07) is 4.25. The summed E-state index contributed by atoms with van der Waals surface area (Å²) in [4.78, 5) is 0. The Morgan fingerprint density at radius 2 is 1.79 bits per heavy atom. The standard InChI is InChI=1S/C16H24NO2/c1-11(2)8-14-13-10-16(19-5)15(18-4)9-12(13)6-7-17(14)3/h9-11H,6-8H2,1-5H3/q+1. The highest BCUT2D eigenvalue weighted by Gasteiger charge is 2.26. The second-order valence-electron chi connectivity index (χ2n) is 5.58. The molecule has 0 unspecified atom stereocenters. The highest BCUT2D eigenvalue weighted by atomic mass is 16.5. The number of methoxy groups -OCH3 is 2. The predicted octanol–water partition coefficient (Wildman–Crippen LogP) is 2.74. The van der Waals surface area contributed by atoms with E-state index in [1.807, 2.05) is 0 Å². The van der Waals surface area contributed by atoms with Crippen LogP contribution in [0.4, 0.5) is 0 Å². The molecule has 0 radical (unpaired) electrons. The van der Waals surface area contributed by atoms with E-state index >= 15 is 0 Å². The van der Waals surface area contributed by atoms with Gasteiger partial charge in [0.15, 0.2) is 17.2 Å². The molecule has 1 aromatic rings. The first-order valence-corrected chi connectivity index (χ1v) is 6.89. The first kappa shape index (κ1) is 13.9. The Hall–Kier alpha value is -1.51. The monoisotopic (exact) mass is 262 g/mol. The van der Waals surface area contributed by atoms with Crippen LogP contribution in [0.2, 0.25) is 0 Å². The third-order valence-electron chi connectivity index (χ3n) is 3.70. The fourth-order valence-electron chi connectivity index (χ4n) is 2.68. The summed E-state index contributed by atoms with van der Waals surface area (Å²) in [5, 5.41) is 0. The molecule has 0 saturated carbocycles. The van der Waals surface area contributed by atoms with Gasteiger partial charge in [0.1, 0.15) is 13.6 Å². The van der Waals surface area contributed by atoms with Crippen molar-refractivity contribution in [1.82, 2.24) is 0 Å². The number of hydrogen-bond acceptors (Lipinski definition) is 2. The molecule has 0 fully saturated rings. The number of fused-ring (bicyclic) bond motifs is 1. The van der Waals surface area contributed by atoms with Crippen LogP contribution in [0.3, 0.4) is 0 Å². The zero-order chi connectivity index (χ0) is 14.0. The van der Waals surface area contributed by atoms with E-state index in [0.29, 0.717) is 5.92 Å². The van der Waals surface area contributed by atoms with Gasteiger partial charge in [0.25, 0.3) is 0 Å². The molecule has 0 aromatic heterocycles. The number of nitrogens with zero attached hydrogens (tertiary/aromatic N) is 1. The fraction of sp³-hybridized carbons (Fsp3) is 0.562. The number of likely N-dealkylation sites (N-methyl/N-ethyl adjacent to an activating group) is 1. The average Bonchev–Trinajstić information content (AvgIpc) is 2.40. The van der Waals surface area contributed by atoms with Gasteiger partial charge >= 0.3 is 0 Å². The Morgan fingerprint density at radius 1 is 1.16 bits per heavy atom. The molecular formula is C16H24NO2+. The molecule has 0 bridgehead atoms. The molecular weight excluding hydrogens is 238 g/mol. The fourth-order valence-corrected chi connectivity index (χ4v) is 2.68. The maximum Gasteiger partial charge on any atom is 0.183 e. The second kappa shape index (κ2) is 5.64. The van der Waals surface area contributed by atoms with Gasteiger partial charge in [0.2, 0.25) is 0 Å². The lowest BCUT2D eigenvalue weighted by Crippen LogP contribution is -2.28. The first-order valence-electron chi connectivity index (χ1n) is 6.89. The maximum atomic E-state index is 5.43. The molecule has 0 aliphatic carbocycles. The predicted molar refractivity (Wildman–Crippen MR) is 77.9 cm³/mol. The van der Waals surface area contributed by atoms with Crippen LogP contribution < -0.4 is 9.47 Å². The van der Waals surface area contributed by atoms with Gasteiger partial charge in [0.05, 0.1) is 14.2 Å². The lowest BCUT2D eigenvalue weighted by Gasteiger charge is -2.20. The van der Waals surface area contributed by atoms with Gasteiger partial charge in [-0.05, 0) is 23.6 Å². The number of benzene rings is 1. The van der Waals surface area contributed by atoms with Crippen molar-refractivity contribution < 1.29 is 14.0 Å². The van der Waals surface area contributed by atoms with Crippen LogP contribution in [0, 0.1) is 5.92 Å². The Labute approximate surface area is 115 Å². The van der Waals surface area contributed by atoms with Crippen molar-refractivity contribution in [3.63, 3.8) is 0 Å². The molecule has 1 aliphatic heterocycles. The molecule has 3 heteroatoms. The van der Waals surface area contributed by atoms with Crippen molar-refractivity contribution in [2.45, 2.75) is 26.7 Å². The highest BCUT2D eigenvalue weighted by Crippen LogP contribution is 2.33. The SMILES string of the molecule is COc1cc2c(cc1OC)C(CC(C)C)=[N+](C)CC2. The highest BCUT2D eigenvalue weighted by molar-refractivity contribution is 5.99. The van der Waals surface area contributed by atoms with E-state index in [2.05, 4.69) is 37.6 Å². The lowest BCUT2D eigenvalue weighted by atomic mass is 9.91. The van der Waals surface area contributed by atoms with E-state index in [4.69, 9.17) is 9.47 Å². The molecule has 19 heavy (non-hydrogen) atoms. The third-order valence-corrected chi connectivity index (χ3v) is 3.70. The van der Waals surface area contributed by atoms with Gasteiger partial charge in [-0.2, -0.15) is 0 Å². The van der Waals surface area contributed by atoms with E-state index < -0.39 is 0 Å². The summed E-state index contributed by atoms with van der Waals surface area (Å²) in [5.74, 6) is 2.30. The Bertz CT molecular complexity index is 504. The van der Waals surface area contributed by atoms with Crippen LogP contribution in [-0.4, -0.2) is 38.1 Å². The van der Waals surface area contributed by atoms with Crippen LogP contribution in [-0.2, 0) is 6.42 Å². The molecule has 0 N–H and O–H groups in total. The third kappa shape index (κ3) is 2.75. The summed E-state index contributed by atoms with van der Waals surface area (Å²) in [5.41, 5.74) is 4.10. The minimum Gasteiger partial charge on any atom is -0.493 e. The van der Waals surface area contributed by atoms with Crippen LogP contribution in [0.1, 0.15) is 31.4 Å². The molecule has 0 saturated heterocycles. The van der Waals surface area contributed by atoms with Gasteiger partial charge in [-0.3, -0.25) is 0 Å². The van der Waals surface area contributed by atoms with E-state index in [-0.39, 0.29) is 0 Å². The normalized spacial score (nSPS) is 14.6. The number of rotatable bonds is 4. The minimum absolute atomic E-state index is 0.650. The summed E-state index contributed by atoms with van der Waals surface area (Å²) in [6.07, 6.45) is 2.16. The summed E-state index contributed by atoms with van der Waals surface area (Å²) >= 11 is 0. The van der Waals surface area contributed by atoms with Gasteiger partial charge in [-0.15, -0.1) is 0 Å². The number of hydrogen-bond donors (Lipinski definition) is 0. The summed E-state index contributed by atoms with van der Waals surface area (Å²) in [7, 11) is 5.56. The van der Waals surface area contributed by atoms with E-state index in [1.165, 1.54) is 16.8 Å². The molecule has 1 heterocycles. The molecule has 104 valence electrons. The molecule has 0 atom stereocenters. The minimum atomic E-state index is 0.650. The molecule has 2 rings (SSSR count). The van der Waals surface area contributed by atoms with Crippen LogP contribution in [0.25, 0.3) is 0 Å². The van der Waals surface area contributed by atoms with Crippen molar-refractivity contribution in [1.29, 1.82) is 0 Å². The van der Waals surface area contributed by atoms with Crippen molar-refractivity contribution in [2.75, 3.05) is 27.8 Å². The van der Waals surface area contributed by atoms with Crippen molar-refractivity contribution in [3.8, 4) is 11.5 Å². The zero-order valence-electron chi connectivity index (χ0n) is 12.6. The van der Waals surface area contributed by atoms with E-state index in [1.54, 1.807) is 14.2 Å². The Morgan fingerprint density at radius 3 is 2.37 bits per heavy atom. The van der Waals surface area contributed by atoms with Crippen LogP contribution in [0.15, 0.2) is 12.1 Å². The van der Waals surface area contributed by atoms with Gasteiger partial charge in [-0.25, -0.2) is 4.58 Å². The first-order chi connectivity index (χ1) is 9.06. The van der Waals surface area contributed by atoms with Crippen molar-refractivity contribution in [2.24, 2.45) is 5.92 Å². The Balaban J connectivity index is 2.51. The molecule has 1 aliphatic rings. The second-order valence-corrected chi connectivity index (χ2v) is 5.58. The van der Waals surface area contributed by atoms with E-state index in [0.717, 1.165) is 30.9 Å². The zero-order valence-corrected chi connectivity index (χ0v) is 12.6. The van der Waals surface area contributed by atoms with Gasteiger partial charge in [0, 0.05) is 18.4 Å². The number of ether oxygens (including phenoxy) is 2. The summed E-state index contributed by atoms with van der Waals surface area (Å²) < 4.78 is 13.2.